The van der Waals surface area contributed by atoms with Gasteiger partial charge in [0.25, 0.3) is 10.0 Å². The van der Waals surface area contributed by atoms with Gasteiger partial charge in [0.05, 0.1) is 10.5 Å². The molecule has 8 nitrogen and oxygen atoms in total. The number of hydrogen-bond donors (Lipinski definition) is 2. The van der Waals surface area contributed by atoms with E-state index in [0.29, 0.717) is 29.9 Å². The fourth-order valence-corrected chi connectivity index (χ4v) is 5.06. The van der Waals surface area contributed by atoms with E-state index in [1.54, 1.807) is 43.1 Å². The van der Waals surface area contributed by atoms with Crippen LogP contribution < -0.4 is 4.72 Å². The maximum Gasteiger partial charge on any atom is 0.335 e. The molecular formula is C23H27N3O5S. The zero-order valence-electron chi connectivity index (χ0n) is 18.5. The molecule has 32 heavy (non-hydrogen) atoms. The first-order valence-electron chi connectivity index (χ1n) is 10.3. The number of aromatic nitrogens is 1. The Balaban J connectivity index is 1.90. The molecule has 0 atom stereocenters. The van der Waals surface area contributed by atoms with Crippen LogP contribution in [0.25, 0.3) is 10.9 Å². The summed E-state index contributed by atoms with van der Waals surface area (Å²) in [5.41, 5.74) is 2.15. The van der Waals surface area contributed by atoms with Crippen molar-refractivity contribution in [2.45, 2.75) is 39.1 Å². The lowest BCUT2D eigenvalue weighted by Gasteiger charge is -2.19. The third-order valence-corrected chi connectivity index (χ3v) is 7.11. The Morgan fingerprint density at radius 3 is 2.38 bits per heavy atom. The smallest absolute Gasteiger partial charge is 0.335 e. The van der Waals surface area contributed by atoms with Crippen LogP contribution in [0.4, 0.5) is 5.69 Å². The van der Waals surface area contributed by atoms with E-state index >= 15 is 0 Å². The third-order valence-electron chi connectivity index (χ3n) is 5.60. The number of rotatable bonds is 8. The molecule has 170 valence electrons. The molecule has 2 aromatic carbocycles. The molecule has 0 fully saturated rings. The highest BCUT2D eigenvalue weighted by atomic mass is 32.2. The van der Waals surface area contributed by atoms with Crippen molar-refractivity contribution in [3.63, 3.8) is 0 Å². The van der Waals surface area contributed by atoms with Crippen molar-refractivity contribution in [2.24, 2.45) is 0 Å². The first-order chi connectivity index (χ1) is 15.1. The molecule has 0 radical (unpaired) electrons. The second kappa shape index (κ2) is 9.04. The summed E-state index contributed by atoms with van der Waals surface area (Å²) >= 11 is 0. The van der Waals surface area contributed by atoms with Gasteiger partial charge in [-0.2, -0.15) is 0 Å². The highest BCUT2D eigenvalue weighted by Crippen LogP contribution is 2.26. The Morgan fingerprint density at radius 1 is 1.06 bits per heavy atom. The van der Waals surface area contributed by atoms with Gasteiger partial charge in [0.15, 0.2) is 0 Å². The van der Waals surface area contributed by atoms with Crippen LogP contribution in [0.1, 0.15) is 35.3 Å². The molecule has 0 aliphatic rings. The number of carboxylic acid groups (broad SMARTS) is 1. The molecule has 0 saturated heterocycles. The summed E-state index contributed by atoms with van der Waals surface area (Å²) in [7, 11) is -4.00. The van der Waals surface area contributed by atoms with Crippen molar-refractivity contribution < 1.29 is 23.1 Å². The number of sulfonamides is 1. The average Bonchev–Trinajstić information content (AvgIpc) is 3.12. The van der Waals surface area contributed by atoms with E-state index in [1.807, 2.05) is 24.5 Å². The van der Waals surface area contributed by atoms with Gasteiger partial charge >= 0.3 is 5.97 Å². The quantitative estimate of drug-likeness (QED) is 0.537. The number of nitrogens with zero attached hydrogens (tertiary/aromatic N) is 2. The number of carbonyl (C=O) groups is 2. The normalized spacial score (nSPS) is 11.5. The number of aryl methyl sites for hydroxylation is 1. The van der Waals surface area contributed by atoms with E-state index in [9.17, 15) is 23.1 Å². The summed E-state index contributed by atoms with van der Waals surface area (Å²) in [4.78, 5) is 25.5. The number of hydrogen-bond acceptors (Lipinski definition) is 4. The van der Waals surface area contributed by atoms with Crippen LogP contribution in [0, 0.1) is 13.8 Å². The minimum atomic E-state index is -4.00. The van der Waals surface area contributed by atoms with Gasteiger partial charge in [0.2, 0.25) is 5.91 Å². The Labute approximate surface area is 187 Å². The minimum Gasteiger partial charge on any atom is -0.478 e. The molecule has 1 amide bonds. The number of benzene rings is 2. The molecule has 0 aliphatic carbocycles. The van der Waals surface area contributed by atoms with Gasteiger partial charge in [-0.05, 0) is 75.2 Å². The minimum absolute atomic E-state index is 0.0152. The van der Waals surface area contributed by atoms with Crippen molar-refractivity contribution in [3.05, 3.63) is 59.3 Å². The van der Waals surface area contributed by atoms with Crippen LogP contribution in [0.2, 0.25) is 0 Å². The van der Waals surface area contributed by atoms with Gasteiger partial charge in [-0.1, -0.05) is 0 Å². The first kappa shape index (κ1) is 23.3. The van der Waals surface area contributed by atoms with Gasteiger partial charge in [-0.3, -0.25) is 9.52 Å². The second-order valence-electron chi connectivity index (χ2n) is 7.61. The van der Waals surface area contributed by atoms with Gasteiger partial charge < -0.3 is 14.6 Å². The van der Waals surface area contributed by atoms with E-state index < -0.39 is 16.0 Å². The zero-order valence-corrected chi connectivity index (χ0v) is 19.4. The van der Waals surface area contributed by atoms with Crippen LogP contribution in [0.15, 0.2) is 47.5 Å². The van der Waals surface area contributed by atoms with E-state index in [4.69, 9.17) is 0 Å². The third kappa shape index (κ3) is 4.62. The lowest BCUT2D eigenvalue weighted by atomic mass is 10.1. The molecule has 1 aromatic heterocycles. The molecule has 0 bridgehead atoms. The Bertz CT molecular complexity index is 1290. The fourth-order valence-electron chi connectivity index (χ4n) is 3.66. The number of anilines is 1. The first-order valence-corrected chi connectivity index (χ1v) is 11.8. The van der Waals surface area contributed by atoms with Crippen molar-refractivity contribution in [2.75, 3.05) is 17.8 Å². The molecule has 0 spiro atoms. The van der Waals surface area contributed by atoms with E-state index in [1.165, 1.54) is 12.1 Å². The molecule has 2 N–H and O–H groups in total. The molecule has 9 heteroatoms. The van der Waals surface area contributed by atoms with Crippen LogP contribution in [-0.4, -0.2) is 48.0 Å². The topological polar surface area (TPSA) is 109 Å². The van der Waals surface area contributed by atoms with Crippen molar-refractivity contribution in [1.82, 2.24) is 9.47 Å². The lowest BCUT2D eigenvalue weighted by Crippen LogP contribution is -2.33. The molecule has 3 rings (SSSR count). The highest BCUT2D eigenvalue weighted by Gasteiger charge is 2.21. The van der Waals surface area contributed by atoms with Gasteiger partial charge in [-0.15, -0.1) is 0 Å². The Kier molecular flexibility index (Phi) is 6.59. The number of carboxylic acids is 1. The standard InChI is InChI=1S/C23H27N3O5S/c1-5-25(6-2)22(27)14-26-10-9-17-12-19(7-8-20(17)26)24-32(30,31)21-13-18(23(28)29)11-15(3)16(21)4/h7-13,24H,5-6,14H2,1-4H3,(H,28,29). The number of nitrogens with one attached hydrogen (secondary N) is 1. The predicted molar refractivity (Wildman–Crippen MR) is 124 cm³/mol. The summed E-state index contributed by atoms with van der Waals surface area (Å²) in [6.07, 6.45) is 1.80. The maximum absolute atomic E-state index is 13.0. The van der Waals surface area contributed by atoms with E-state index in [-0.39, 0.29) is 22.9 Å². The number of likely N-dealkylation sites (N-methyl/N-ethyl adjacent to an activating group) is 1. The van der Waals surface area contributed by atoms with Crippen molar-refractivity contribution >= 4 is 38.5 Å². The maximum atomic E-state index is 13.0. The molecule has 1 heterocycles. The number of aromatic carboxylic acids is 1. The largest absolute Gasteiger partial charge is 0.478 e. The number of fused-ring (bicyclic) bond motifs is 1. The summed E-state index contributed by atoms with van der Waals surface area (Å²) in [5.74, 6) is -1.17. The molecule has 3 aromatic rings. The summed E-state index contributed by atoms with van der Waals surface area (Å²) in [6.45, 7) is 8.67. The van der Waals surface area contributed by atoms with Gasteiger partial charge in [0.1, 0.15) is 6.54 Å². The van der Waals surface area contributed by atoms with Crippen LogP contribution in [0.5, 0.6) is 0 Å². The van der Waals surface area contributed by atoms with Crippen LogP contribution in [0.3, 0.4) is 0 Å². The lowest BCUT2D eigenvalue weighted by molar-refractivity contribution is -0.131. The van der Waals surface area contributed by atoms with Crippen molar-refractivity contribution in [3.8, 4) is 0 Å². The van der Waals surface area contributed by atoms with E-state index in [2.05, 4.69) is 4.72 Å². The zero-order chi connectivity index (χ0) is 23.6. The van der Waals surface area contributed by atoms with E-state index in [0.717, 1.165) is 10.9 Å². The highest BCUT2D eigenvalue weighted by molar-refractivity contribution is 7.92. The Hall–Kier alpha value is -3.33. The summed E-state index contributed by atoms with van der Waals surface area (Å²) in [5, 5.41) is 10.1. The van der Waals surface area contributed by atoms with Crippen LogP contribution in [-0.2, 0) is 21.4 Å². The molecule has 0 unspecified atom stereocenters. The predicted octanol–water partition coefficient (Wildman–Crippen LogP) is 3.63. The molecule has 0 saturated carbocycles. The molecule has 0 aliphatic heterocycles. The Morgan fingerprint density at radius 2 is 1.75 bits per heavy atom. The molecular weight excluding hydrogens is 430 g/mol. The monoisotopic (exact) mass is 457 g/mol. The summed E-state index contributed by atoms with van der Waals surface area (Å²) in [6, 6.07) is 9.51. The van der Waals surface area contributed by atoms with Crippen LogP contribution >= 0.6 is 0 Å². The van der Waals surface area contributed by atoms with Gasteiger partial charge in [-0.25, -0.2) is 13.2 Å². The summed E-state index contributed by atoms with van der Waals surface area (Å²) < 4.78 is 30.4. The second-order valence-corrected chi connectivity index (χ2v) is 9.26. The fraction of sp³-hybridized carbons (Fsp3) is 0.304. The van der Waals surface area contributed by atoms with Gasteiger partial charge in [0, 0.05) is 35.9 Å². The SMILES string of the molecule is CCN(CC)C(=O)Cn1ccc2cc(NS(=O)(=O)c3cc(C(=O)O)cc(C)c3C)ccc21. The average molecular weight is 458 g/mol. The van der Waals surface area contributed by atoms with Crippen molar-refractivity contribution in [1.29, 1.82) is 0 Å². The number of carbonyl (C=O) groups excluding carboxylic acids is 1. The number of amides is 1.